The first-order valence-corrected chi connectivity index (χ1v) is 10.6. The topological polar surface area (TPSA) is 101 Å². The highest BCUT2D eigenvalue weighted by molar-refractivity contribution is 7.15. The number of ether oxygens (including phenoxy) is 1. The largest absolute Gasteiger partial charge is 0.494 e. The zero-order valence-corrected chi connectivity index (χ0v) is 18.3. The van der Waals surface area contributed by atoms with E-state index in [1.807, 2.05) is 0 Å². The van der Waals surface area contributed by atoms with E-state index in [1.165, 1.54) is 24.1 Å². The van der Waals surface area contributed by atoms with Crippen LogP contribution in [0.1, 0.15) is 36.1 Å². The van der Waals surface area contributed by atoms with Crippen molar-refractivity contribution in [1.82, 2.24) is 15.1 Å². The molecule has 0 saturated carbocycles. The number of aromatic nitrogens is 2. The second-order valence-corrected chi connectivity index (χ2v) is 8.33. The molecular weight excluding hydrogens is 463 g/mol. The first-order valence-electron chi connectivity index (χ1n) is 9.01. The summed E-state index contributed by atoms with van der Waals surface area (Å²) < 4.78 is 5.18. The fraction of sp³-hybridized carbons (Fsp3) is 0.150. The fourth-order valence-electron chi connectivity index (χ4n) is 3.16. The number of hydrogen-bond donors (Lipinski definition) is 1. The molecule has 4 rings (SSSR count). The number of carbonyl (C=O) groups is 3. The van der Waals surface area contributed by atoms with E-state index in [-0.39, 0.29) is 44.8 Å². The fourth-order valence-corrected chi connectivity index (χ4v) is 4.35. The van der Waals surface area contributed by atoms with Crippen LogP contribution >= 0.6 is 34.5 Å². The number of carbonyl (C=O) groups excluding carboxylic acids is 3. The van der Waals surface area contributed by atoms with Crippen LogP contribution in [0.5, 0.6) is 5.75 Å². The molecule has 0 radical (unpaired) electrons. The van der Waals surface area contributed by atoms with Gasteiger partial charge in [0, 0.05) is 13.0 Å². The summed E-state index contributed by atoms with van der Waals surface area (Å²) in [4.78, 5) is 38.7. The van der Waals surface area contributed by atoms with Crippen LogP contribution < -0.4 is 10.1 Å². The highest BCUT2D eigenvalue weighted by atomic mass is 35.5. The number of nitrogens with zero attached hydrogens (tertiary/aromatic N) is 3. The van der Waals surface area contributed by atoms with Crippen molar-refractivity contribution in [1.29, 1.82) is 0 Å². The molecule has 1 aromatic heterocycles. The summed E-state index contributed by atoms with van der Waals surface area (Å²) in [6.45, 7) is 0.156. The van der Waals surface area contributed by atoms with E-state index in [2.05, 4.69) is 15.5 Å². The second kappa shape index (κ2) is 8.62. The van der Waals surface area contributed by atoms with Crippen molar-refractivity contribution in [2.24, 2.45) is 0 Å². The van der Waals surface area contributed by atoms with Gasteiger partial charge in [-0.05, 0) is 24.3 Å². The van der Waals surface area contributed by atoms with Gasteiger partial charge in [-0.2, -0.15) is 0 Å². The molecule has 3 amide bonds. The molecule has 0 fully saturated rings. The minimum atomic E-state index is -0.549. The lowest BCUT2D eigenvalue weighted by Crippen LogP contribution is -2.31. The molecule has 8 nitrogen and oxygen atoms in total. The standard InChI is InChI=1S/C20H14Cl2N4O4S/c1-30-16-13(22)7-6-12(21)15(16)17(27)23-20-25-24-14(31-20)8-9-26-18(28)10-4-2-3-5-11(10)19(26)29/h2-7H,8-9H2,1H3,(H,23,25,27). The third-order valence-electron chi connectivity index (χ3n) is 4.60. The van der Waals surface area contributed by atoms with Crippen LogP contribution in [0, 0.1) is 0 Å². The van der Waals surface area contributed by atoms with E-state index in [0.717, 1.165) is 11.3 Å². The summed E-state index contributed by atoms with van der Waals surface area (Å²) in [5.74, 6) is -1.06. The minimum absolute atomic E-state index is 0.0828. The van der Waals surface area contributed by atoms with Gasteiger partial charge in [0.15, 0.2) is 5.75 Å². The van der Waals surface area contributed by atoms with Gasteiger partial charge in [0.25, 0.3) is 17.7 Å². The molecule has 1 aliphatic rings. The SMILES string of the molecule is COc1c(Cl)ccc(Cl)c1C(=O)Nc1nnc(CCN2C(=O)c3ccccc3C2=O)s1. The van der Waals surface area contributed by atoms with Crippen LogP contribution in [-0.4, -0.2) is 46.5 Å². The van der Waals surface area contributed by atoms with Crippen LogP contribution in [0.2, 0.25) is 10.0 Å². The van der Waals surface area contributed by atoms with Gasteiger partial charge < -0.3 is 4.74 Å². The van der Waals surface area contributed by atoms with Crippen molar-refractivity contribution in [2.45, 2.75) is 6.42 Å². The summed E-state index contributed by atoms with van der Waals surface area (Å²) in [5.41, 5.74) is 0.870. The second-order valence-electron chi connectivity index (χ2n) is 6.45. The van der Waals surface area contributed by atoms with Crippen molar-refractivity contribution < 1.29 is 19.1 Å². The Kier molecular flexibility index (Phi) is 5.90. The maximum Gasteiger partial charge on any atom is 0.262 e. The first-order chi connectivity index (χ1) is 14.9. The van der Waals surface area contributed by atoms with E-state index >= 15 is 0 Å². The van der Waals surface area contributed by atoms with Gasteiger partial charge in [-0.1, -0.05) is 46.7 Å². The predicted octanol–water partition coefficient (Wildman–Crippen LogP) is 3.94. The van der Waals surface area contributed by atoms with Gasteiger partial charge in [0.2, 0.25) is 5.13 Å². The number of benzene rings is 2. The van der Waals surface area contributed by atoms with Gasteiger partial charge in [-0.15, -0.1) is 10.2 Å². The molecule has 0 saturated heterocycles. The Morgan fingerprint density at radius 1 is 1.06 bits per heavy atom. The lowest BCUT2D eigenvalue weighted by molar-refractivity contribution is 0.0655. The number of rotatable bonds is 6. The van der Waals surface area contributed by atoms with Gasteiger partial charge in [0.05, 0.1) is 28.3 Å². The summed E-state index contributed by atoms with van der Waals surface area (Å²) >= 11 is 13.3. The lowest BCUT2D eigenvalue weighted by atomic mass is 10.1. The number of amides is 3. The van der Waals surface area contributed by atoms with E-state index in [0.29, 0.717) is 22.6 Å². The molecular formula is C20H14Cl2N4O4S. The predicted molar refractivity (Wildman–Crippen MR) is 116 cm³/mol. The Bertz CT molecular complexity index is 1180. The van der Waals surface area contributed by atoms with Gasteiger partial charge in [-0.25, -0.2) is 0 Å². The normalized spacial score (nSPS) is 12.8. The Labute approximate surface area is 190 Å². The van der Waals surface area contributed by atoms with Crippen molar-refractivity contribution in [3.63, 3.8) is 0 Å². The summed E-state index contributed by atoms with van der Waals surface area (Å²) in [7, 11) is 1.39. The Hall–Kier alpha value is -3.01. The maximum atomic E-state index is 12.7. The van der Waals surface area contributed by atoms with Gasteiger partial charge in [-0.3, -0.25) is 24.6 Å². The highest BCUT2D eigenvalue weighted by Gasteiger charge is 2.34. The number of hydrogen-bond acceptors (Lipinski definition) is 7. The van der Waals surface area contributed by atoms with Gasteiger partial charge in [0.1, 0.15) is 10.6 Å². The highest BCUT2D eigenvalue weighted by Crippen LogP contribution is 2.34. The van der Waals surface area contributed by atoms with Crippen LogP contribution in [0.3, 0.4) is 0 Å². The number of anilines is 1. The van der Waals surface area contributed by atoms with E-state index < -0.39 is 5.91 Å². The van der Waals surface area contributed by atoms with Crippen molar-refractivity contribution >= 4 is 57.4 Å². The first kappa shape index (κ1) is 21.2. The molecule has 0 atom stereocenters. The van der Waals surface area contributed by atoms with Crippen molar-refractivity contribution in [2.75, 3.05) is 19.0 Å². The van der Waals surface area contributed by atoms with Crippen LogP contribution in [0.15, 0.2) is 36.4 Å². The molecule has 158 valence electrons. The number of halogens is 2. The number of imide groups is 1. The molecule has 0 aliphatic carbocycles. The van der Waals surface area contributed by atoms with Crippen LogP contribution in [0.25, 0.3) is 0 Å². The van der Waals surface area contributed by atoms with E-state index in [1.54, 1.807) is 24.3 Å². The number of methoxy groups -OCH3 is 1. The maximum absolute atomic E-state index is 12.7. The van der Waals surface area contributed by atoms with Crippen LogP contribution in [-0.2, 0) is 6.42 Å². The molecule has 2 heterocycles. The Morgan fingerprint density at radius 3 is 2.35 bits per heavy atom. The minimum Gasteiger partial charge on any atom is -0.494 e. The molecule has 31 heavy (non-hydrogen) atoms. The smallest absolute Gasteiger partial charge is 0.262 e. The molecule has 11 heteroatoms. The molecule has 2 aromatic carbocycles. The van der Waals surface area contributed by atoms with E-state index in [9.17, 15) is 14.4 Å². The Morgan fingerprint density at radius 2 is 1.71 bits per heavy atom. The lowest BCUT2D eigenvalue weighted by Gasteiger charge is -2.12. The van der Waals surface area contributed by atoms with Crippen molar-refractivity contribution in [3.05, 3.63) is 68.1 Å². The third kappa shape index (κ3) is 3.99. The third-order valence-corrected chi connectivity index (χ3v) is 6.12. The number of nitrogens with one attached hydrogen (secondary N) is 1. The number of fused-ring (bicyclic) bond motifs is 1. The summed E-state index contributed by atoms with van der Waals surface area (Å²) in [6, 6.07) is 9.71. The Balaban J connectivity index is 1.43. The molecule has 0 bridgehead atoms. The van der Waals surface area contributed by atoms with Crippen molar-refractivity contribution in [3.8, 4) is 5.75 Å². The quantitative estimate of drug-likeness (QED) is 0.540. The zero-order valence-electron chi connectivity index (χ0n) is 16.0. The van der Waals surface area contributed by atoms with Crippen LogP contribution in [0.4, 0.5) is 5.13 Å². The molecule has 0 unspecified atom stereocenters. The molecule has 0 spiro atoms. The zero-order chi connectivity index (χ0) is 22.1. The summed E-state index contributed by atoms with van der Waals surface area (Å²) in [5, 5.41) is 11.8. The average molecular weight is 477 g/mol. The molecule has 3 aromatic rings. The summed E-state index contributed by atoms with van der Waals surface area (Å²) in [6.07, 6.45) is 0.306. The molecule has 1 aliphatic heterocycles. The monoisotopic (exact) mass is 476 g/mol. The average Bonchev–Trinajstić information content (AvgIpc) is 3.30. The van der Waals surface area contributed by atoms with E-state index in [4.69, 9.17) is 27.9 Å². The van der Waals surface area contributed by atoms with Gasteiger partial charge >= 0.3 is 0 Å². The molecule has 1 N–H and O–H groups in total.